The van der Waals surface area contributed by atoms with Gasteiger partial charge in [0.05, 0.1) is 5.56 Å². The molecular formula is C14H17NO3. The Kier molecular flexibility index (Phi) is 3.65. The number of aromatic carboxylic acids is 1. The van der Waals surface area contributed by atoms with Crippen molar-refractivity contribution in [2.75, 3.05) is 6.54 Å². The van der Waals surface area contributed by atoms with Gasteiger partial charge in [-0.05, 0) is 23.6 Å². The molecule has 96 valence electrons. The topological polar surface area (TPSA) is 57.6 Å². The van der Waals surface area contributed by atoms with Gasteiger partial charge >= 0.3 is 5.97 Å². The summed E-state index contributed by atoms with van der Waals surface area (Å²) in [5, 5.41) is 8.92. The molecule has 1 aromatic rings. The number of carbonyl (C=O) groups excluding carboxylic acids is 1. The van der Waals surface area contributed by atoms with E-state index in [4.69, 9.17) is 5.11 Å². The Morgan fingerprint density at radius 3 is 2.89 bits per heavy atom. The van der Waals surface area contributed by atoms with Crippen molar-refractivity contribution in [2.24, 2.45) is 5.92 Å². The first-order valence-electron chi connectivity index (χ1n) is 6.20. The lowest BCUT2D eigenvalue weighted by Crippen LogP contribution is -2.24. The quantitative estimate of drug-likeness (QED) is 0.886. The molecule has 18 heavy (non-hydrogen) atoms. The molecule has 1 aliphatic heterocycles. The predicted molar refractivity (Wildman–Crippen MR) is 67.2 cm³/mol. The summed E-state index contributed by atoms with van der Waals surface area (Å²) in [6.45, 7) is 3.38. The SMILES string of the molecule is CCC1CC(=O)N(Cc2cccc(C(=O)O)c2)C1. The summed E-state index contributed by atoms with van der Waals surface area (Å²) in [6, 6.07) is 6.77. The largest absolute Gasteiger partial charge is 0.478 e. The van der Waals surface area contributed by atoms with E-state index >= 15 is 0 Å². The number of nitrogens with zero attached hydrogens (tertiary/aromatic N) is 1. The molecule has 1 aromatic carbocycles. The van der Waals surface area contributed by atoms with Gasteiger partial charge in [0.1, 0.15) is 0 Å². The lowest BCUT2D eigenvalue weighted by atomic mass is 10.1. The maximum absolute atomic E-state index is 11.8. The van der Waals surface area contributed by atoms with E-state index in [9.17, 15) is 9.59 Å². The van der Waals surface area contributed by atoms with Crippen molar-refractivity contribution in [2.45, 2.75) is 26.3 Å². The van der Waals surface area contributed by atoms with Crippen molar-refractivity contribution in [3.05, 3.63) is 35.4 Å². The van der Waals surface area contributed by atoms with Crippen LogP contribution in [0.3, 0.4) is 0 Å². The summed E-state index contributed by atoms with van der Waals surface area (Å²) >= 11 is 0. The normalized spacial score (nSPS) is 19.3. The van der Waals surface area contributed by atoms with Crippen LogP contribution in [0.25, 0.3) is 0 Å². The van der Waals surface area contributed by atoms with E-state index in [2.05, 4.69) is 6.92 Å². The highest BCUT2D eigenvalue weighted by Crippen LogP contribution is 2.22. The number of carboxylic acid groups (broad SMARTS) is 1. The van der Waals surface area contributed by atoms with Gasteiger partial charge in [-0.2, -0.15) is 0 Å². The number of benzene rings is 1. The molecule has 0 saturated carbocycles. The van der Waals surface area contributed by atoms with E-state index in [-0.39, 0.29) is 11.5 Å². The molecule has 0 aromatic heterocycles. The standard InChI is InChI=1S/C14H17NO3/c1-2-10-7-13(16)15(8-10)9-11-4-3-5-12(6-11)14(17)18/h3-6,10H,2,7-9H2,1H3,(H,17,18). The molecule has 1 saturated heterocycles. The van der Waals surface area contributed by atoms with Crippen LogP contribution in [0.4, 0.5) is 0 Å². The first-order valence-corrected chi connectivity index (χ1v) is 6.20. The fraction of sp³-hybridized carbons (Fsp3) is 0.429. The maximum atomic E-state index is 11.8. The summed E-state index contributed by atoms with van der Waals surface area (Å²) in [5.74, 6) is -0.321. The summed E-state index contributed by atoms with van der Waals surface area (Å²) in [5.41, 5.74) is 1.14. The van der Waals surface area contributed by atoms with Crippen molar-refractivity contribution in [1.29, 1.82) is 0 Å². The second-order valence-corrected chi connectivity index (χ2v) is 4.76. The van der Waals surface area contributed by atoms with Crippen LogP contribution in [0.2, 0.25) is 0 Å². The molecule has 0 spiro atoms. The minimum atomic E-state index is -0.934. The smallest absolute Gasteiger partial charge is 0.335 e. The van der Waals surface area contributed by atoms with Crippen LogP contribution in [-0.4, -0.2) is 28.4 Å². The Morgan fingerprint density at radius 1 is 1.50 bits per heavy atom. The molecule has 1 amide bonds. The zero-order valence-electron chi connectivity index (χ0n) is 10.4. The second kappa shape index (κ2) is 5.21. The molecular weight excluding hydrogens is 230 g/mol. The molecule has 1 atom stereocenters. The molecule has 1 N–H and O–H groups in total. The maximum Gasteiger partial charge on any atom is 0.335 e. The lowest BCUT2D eigenvalue weighted by molar-refractivity contribution is -0.128. The molecule has 4 heteroatoms. The minimum absolute atomic E-state index is 0.169. The molecule has 0 bridgehead atoms. The van der Waals surface area contributed by atoms with Crippen molar-refractivity contribution >= 4 is 11.9 Å². The van der Waals surface area contributed by atoms with Crippen molar-refractivity contribution in [3.63, 3.8) is 0 Å². The van der Waals surface area contributed by atoms with Crippen LogP contribution in [0.5, 0.6) is 0 Å². The number of carboxylic acids is 1. The van der Waals surface area contributed by atoms with Crippen LogP contribution in [0.15, 0.2) is 24.3 Å². The highest BCUT2D eigenvalue weighted by Gasteiger charge is 2.28. The molecule has 1 fully saturated rings. The summed E-state index contributed by atoms with van der Waals surface area (Å²) < 4.78 is 0. The second-order valence-electron chi connectivity index (χ2n) is 4.76. The van der Waals surface area contributed by atoms with Crippen molar-refractivity contribution in [3.8, 4) is 0 Å². The predicted octanol–water partition coefficient (Wildman–Crippen LogP) is 2.14. The highest BCUT2D eigenvalue weighted by molar-refractivity contribution is 5.87. The number of hydrogen-bond acceptors (Lipinski definition) is 2. The van der Waals surface area contributed by atoms with Crippen LogP contribution < -0.4 is 0 Å². The molecule has 2 rings (SSSR count). The number of carbonyl (C=O) groups is 2. The summed E-state index contributed by atoms with van der Waals surface area (Å²) in [4.78, 5) is 24.5. The zero-order valence-corrected chi connectivity index (χ0v) is 10.4. The van der Waals surface area contributed by atoms with E-state index in [1.807, 2.05) is 11.0 Å². The van der Waals surface area contributed by atoms with E-state index in [1.54, 1.807) is 18.2 Å². The average Bonchev–Trinajstić information content (AvgIpc) is 2.70. The van der Waals surface area contributed by atoms with E-state index < -0.39 is 5.97 Å². The van der Waals surface area contributed by atoms with Gasteiger partial charge in [0.25, 0.3) is 0 Å². The van der Waals surface area contributed by atoms with E-state index in [0.717, 1.165) is 18.5 Å². The van der Waals surface area contributed by atoms with Crippen molar-refractivity contribution in [1.82, 2.24) is 4.90 Å². The fourth-order valence-electron chi connectivity index (χ4n) is 2.30. The Morgan fingerprint density at radius 2 is 2.28 bits per heavy atom. The van der Waals surface area contributed by atoms with Gasteiger partial charge < -0.3 is 10.0 Å². The van der Waals surface area contributed by atoms with Crippen LogP contribution in [0.1, 0.15) is 35.7 Å². The third-order valence-corrected chi connectivity index (χ3v) is 3.42. The molecule has 1 unspecified atom stereocenters. The molecule has 0 radical (unpaired) electrons. The van der Waals surface area contributed by atoms with Gasteiger partial charge in [-0.1, -0.05) is 25.5 Å². The molecule has 4 nitrogen and oxygen atoms in total. The number of rotatable bonds is 4. The highest BCUT2D eigenvalue weighted by atomic mass is 16.4. The monoisotopic (exact) mass is 247 g/mol. The number of amides is 1. The van der Waals surface area contributed by atoms with Crippen LogP contribution in [-0.2, 0) is 11.3 Å². The summed E-state index contributed by atoms with van der Waals surface area (Å²) in [7, 11) is 0. The van der Waals surface area contributed by atoms with E-state index in [0.29, 0.717) is 18.9 Å². The third-order valence-electron chi connectivity index (χ3n) is 3.42. The number of likely N-dealkylation sites (tertiary alicyclic amines) is 1. The molecule has 1 heterocycles. The molecule has 1 aliphatic rings. The first-order chi connectivity index (χ1) is 8.60. The van der Waals surface area contributed by atoms with Gasteiger partial charge in [0, 0.05) is 19.5 Å². The van der Waals surface area contributed by atoms with E-state index in [1.165, 1.54) is 0 Å². The minimum Gasteiger partial charge on any atom is -0.478 e. The van der Waals surface area contributed by atoms with Gasteiger partial charge in [-0.25, -0.2) is 4.79 Å². The van der Waals surface area contributed by atoms with Crippen molar-refractivity contribution < 1.29 is 14.7 Å². The Bertz CT molecular complexity index is 470. The third kappa shape index (κ3) is 2.70. The van der Waals surface area contributed by atoms with Gasteiger partial charge in [-0.15, -0.1) is 0 Å². The average molecular weight is 247 g/mol. The summed E-state index contributed by atoms with van der Waals surface area (Å²) in [6.07, 6.45) is 1.63. The van der Waals surface area contributed by atoms with Gasteiger partial charge in [0.15, 0.2) is 0 Å². The lowest BCUT2D eigenvalue weighted by Gasteiger charge is -2.16. The number of hydrogen-bond donors (Lipinski definition) is 1. The van der Waals surface area contributed by atoms with Crippen LogP contribution >= 0.6 is 0 Å². The first kappa shape index (κ1) is 12.6. The Labute approximate surface area is 106 Å². The Balaban J connectivity index is 2.08. The zero-order chi connectivity index (χ0) is 13.1. The molecule has 0 aliphatic carbocycles. The van der Waals surface area contributed by atoms with Gasteiger partial charge in [-0.3, -0.25) is 4.79 Å². The van der Waals surface area contributed by atoms with Crippen LogP contribution in [0, 0.1) is 5.92 Å². The Hall–Kier alpha value is -1.84. The fourth-order valence-corrected chi connectivity index (χ4v) is 2.30. The van der Waals surface area contributed by atoms with Gasteiger partial charge in [0.2, 0.25) is 5.91 Å².